The average Bonchev–Trinajstić information content (AvgIpc) is 3.11. The fourth-order valence-electron chi connectivity index (χ4n) is 2.78. The highest BCUT2D eigenvalue weighted by Crippen LogP contribution is 2.33. The number of rotatable bonds is 4. The molecule has 2 aromatic rings. The van der Waals surface area contributed by atoms with Crippen molar-refractivity contribution in [2.24, 2.45) is 0 Å². The summed E-state index contributed by atoms with van der Waals surface area (Å²) in [6.07, 6.45) is 2.50. The number of H-pyrrole nitrogens is 1. The SMILES string of the molecule is CO[C@@H]1C[C@@H](c2ncn[nH]2)N(Cc2nc(C)ccc2O)C1. The highest BCUT2D eigenvalue weighted by molar-refractivity contribution is 5.27. The summed E-state index contributed by atoms with van der Waals surface area (Å²) in [5.41, 5.74) is 1.57. The van der Waals surface area contributed by atoms with E-state index in [-0.39, 0.29) is 17.9 Å². The van der Waals surface area contributed by atoms with Gasteiger partial charge in [-0.05, 0) is 25.5 Å². The van der Waals surface area contributed by atoms with Gasteiger partial charge in [-0.15, -0.1) is 0 Å². The maximum absolute atomic E-state index is 9.98. The number of ether oxygens (including phenoxy) is 1. The number of aryl methyl sites for hydroxylation is 1. The van der Waals surface area contributed by atoms with Crippen LogP contribution in [0.1, 0.15) is 29.7 Å². The van der Waals surface area contributed by atoms with E-state index >= 15 is 0 Å². The van der Waals surface area contributed by atoms with Crippen LogP contribution in [-0.2, 0) is 11.3 Å². The molecule has 0 unspecified atom stereocenters. The number of pyridine rings is 1. The Morgan fingerprint density at radius 3 is 3.05 bits per heavy atom. The maximum atomic E-state index is 9.98. The summed E-state index contributed by atoms with van der Waals surface area (Å²) in [4.78, 5) is 10.9. The second kappa shape index (κ2) is 5.79. The van der Waals surface area contributed by atoms with Crippen molar-refractivity contribution in [3.63, 3.8) is 0 Å². The molecule has 7 nitrogen and oxygen atoms in total. The summed E-state index contributed by atoms with van der Waals surface area (Å²) < 4.78 is 5.47. The predicted molar refractivity (Wildman–Crippen MR) is 75.6 cm³/mol. The molecular weight excluding hydrogens is 270 g/mol. The van der Waals surface area contributed by atoms with Crippen molar-refractivity contribution in [1.82, 2.24) is 25.1 Å². The van der Waals surface area contributed by atoms with Crippen molar-refractivity contribution in [3.05, 3.63) is 35.7 Å². The topological polar surface area (TPSA) is 87.2 Å². The van der Waals surface area contributed by atoms with Crippen LogP contribution in [0, 0.1) is 6.92 Å². The first-order chi connectivity index (χ1) is 10.2. The van der Waals surface area contributed by atoms with Crippen molar-refractivity contribution >= 4 is 0 Å². The van der Waals surface area contributed by atoms with Crippen LogP contribution in [0.15, 0.2) is 18.5 Å². The van der Waals surface area contributed by atoms with Gasteiger partial charge in [0.1, 0.15) is 17.9 Å². The highest BCUT2D eigenvalue weighted by Gasteiger charge is 2.35. The Balaban J connectivity index is 1.83. The molecule has 0 bridgehead atoms. The molecule has 0 saturated carbocycles. The average molecular weight is 289 g/mol. The lowest BCUT2D eigenvalue weighted by atomic mass is 10.2. The van der Waals surface area contributed by atoms with Crippen molar-refractivity contribution < 1.29 is 9.84 Å². The van der Waals surface area contributed by atoms with Crippen LogP contribution in [0.4, 0.5) is 0 Å². The summed E-state index contributed by atoms with van der Waals surface area (Å²) in [7, 11) is 1.72. The summed E-state index contributed by atoms with van der Waals surface area (Å²) in [6, 6.07) is 3.58. The zero-order chi connectivity index (χ0) is 14.8. The van der Waals surface area contributed by atoms with Gasteiger partial charge >= 0.3 is 0 Å². The fourth-order valence-corrected chi connectivity index (χ4v) is 2.78. The molecule has 7 heteroatoms. The van der Waals surface area contributed by atoms with E-state index in [2.05, 4.69) is 25.1 Å². The van der Waals surface area contributed by atoms with Crippen LogP contribution >= 0.6 is 0 Å². The minimum Gasteiger partial charge on any atom is -0.506 e. The monoisotopic (exact) mass is 289 g/mol. The van der Waals surface area contributed by atoms with Crippen LogP contribution < -0.4 is 0 Å². The van der Waals surface area contributed by atoms with Crippen molar-refractivity contribution in [2.45, 2.75) is 32.0 Å². The Kier molecular flexibility index (Phi) is 3.85. The van der Waals surface area contributed by atoms with E-state index in [0.29, 0.717) is 12.2 Å². The standard InChI is InChI=1S/C14H19N5O2/c1-9-3-4-13(20)11(17-9)7-19-6-10(21-2)5-12(19)14-15-8-16-18-14/h3-4,8,10,12,20H,5-7H2,1-2H3,(H,15,16,18)/t10-,12+/m1/s1. The number of hydrogen-bond donors (Lipinski definition) is 2. The molecule has 1 aliphatic rings. The lowest BCUT2D eigenvalue weighted by molar-refractivity contribution is 0.107. The van der Waals surface area contributed by atoms with E-state index < -0.39 is 0 Å². The first-order valence-corrected chi connectivity index (χ1v) is 6.95. The highest BCUT2D eigenvalue weighted by atomic mass is 16.5. The predicted octanol–water partition coefficient (Wildman–Crippen LogP) is 1.18. The smallest absolute Gasteiger partial charge is 0.141 e. The minimum absolute atomic E-state index is 0.0964. The molecule has 3 heterocycles. The second-order valence-electron chi connectivity index (χ2n) is 5.33. The van der Waals surface area contributed by atoms with E-state index in [1.54, 1.807) is 19.2 Å². The molecule has 2 aromatic heterocycles. The van der Waals surface area contributed by atoms with Gasteiger partial charge in [0.25, 0.3) is 0 Å². The van der Waals surface area contributed by atoms with Crippen molar-refractivity contribution in [2.75, 3.05) is 13.7 Å². The number of nitrogens with zero attached hydrogens (tertiary/aromatic N) is 4. The van der Waals surface area contributed by atoms with E-state index in [9.17, 15) is 5.11 Å². The number of nitrogens with one attached hydrogen (secondary N) is 1. The largest absolute Gasteiger partial charge is 0.506 e. The Labute approximate surface area is 123 Å². The Hall–Kier alpha value is -1.99. The summed E-state index contributed by atoms with van der Waals surface area (Å²) in [5, 5.41) is 16.8. The van der Waals surface area contributed by atoms with Crippen LogP contribution in [-0.4, -0.2) is 49.9 Å². The number of aromatic amines is 1. The minimum atomic E-state index is 0.0964. The quantitative estimate of drug-likeness (QED) is 0.878. The molecule has 3 rings (SSSR count). The Morgan fingerprint density at radius 1 is 1.48 bits per heavy atom. The third-order valence-corrected chi connectivity index (χ3v) is 3.89. The van der Waals surface area contributed by atoms with E-state index in [1.807, 2.05) is 6.92 Å². The fraction of sp³-hybridized carbons (Fsp3) is 0.500. The molecule has 0 spiro atoms. The number of aromatic hydroxyl groups is 1. The van der Waals surface area contributed by atoms with E-state index in [1.165, 1.54) is 6.33 Å². The van der Waals surface area contributed by atoms with Gasteiger partial charge in [0.15, 0.2) is 0 Å². The first kappa shape index (κ1) is 14.0. The lowest BCUT2D eigenvalue weighted by Crippen LogP contribution is -2.26. The molecule has 0 aromatic carbocycles. The van der Waals surface area contributed by atoms with Gasteiger partial charge in [0, 0.05) is 25.9 Å². The molecule has 2 N–H and O–H groups in total. The van der Waals surface area contributed by atoms with Gasteiger partial charge < -0.3 is 9.84 Å². The van der Waals surface area contributed by atoms with Gasteiger partial charge in [-0.2, -0.15) is 5.10 Å². The molecular formula is C14H19N5O2. The van der Waals surface area contributed by atoms with Crippen LogP contribution in [0.5, 0.6) is 5.75 Å². The number of hydrogen-bond acceptors (Lipinski definition) is 6. The van der Waals surface area contributed by atoms with Gasteiger partial charge in [-0.25, -0.2) is 4.98 Å². The van der Waals surface area contributed by atoms with Crippen LogP contribution in [0.2, 0.25) is 0 Å². The zero-order valence-electron chi connectivity index (χ0n) is 12.2. The van der Waals surface area contributed by atoms with Gasteiger partial charge in [-0.3, -0.25) is 15.0 Å². The van der Waals surface area contributed by atoms with Gasteiger partial charge in [0.05, 0.1) is 17.8 Å². The van der Waals surface area contributed by atoms with Crippen molar-refractivity contribution in [3.8, 4) is 5.75 Å². The maximum Gasteiger partial charge on any atom is 0.141 e. The van der Waals surface area contributed by atoms with Gasteiger partial charge in [-0.1, -0.05) is 0 Å². The second-order valence-corrected chi connectivity index (χ2v) is 5.33. The third-order valence-electron chi connectivity index (χ3n) is 3.89. The summed E-state index contributed by atoms with van der Waals surface area (Å²) in [6.45, 7) is 3.24. The molecule has 112 valence electrons. The summed E-state index contributed by atoms with van der Waals surface area (Å²) in [5.74, 6) is 1.04. The third kappa shape index (κ3) is 2.88. The number of likely N-dealkylation sites (tertiary alicyclic amines) is 1. The first-order valence-electron chi connectivity index (χ1n) is 6.95. The van der Waals surface area contributed by atoms with Crippen LogP contribution in [0.25, 0.3) is 0 Å². The number of methoxy groups -OCH3 is 1. The van der Waals surface area contributed by atoms with Crippen molar-refractivity contribution in [1.29, 1.82) is 0 Å². The van der Waals surface area contributed by atoms with Crippen LogP contribution in [0.3, 0.4) is 0 Å². The molecule has 0 radical (unpaired) electrons. The van der Waals surface area contributed by atoms with Gasteiger partial charge in [0.2, 0.25) is 0 Å². The molecule has 21 heavy (non-hydrogen) atoms. The normalized spacial score (nSPS) is 22.8. The Bertz CT molecular complexity index is 601. The molecule has 0 amide bonds. The molecule has 1 aliphatic heterocycles. The lowest BCUT2D eigenvalue weighted by Gasteiger charge is -2.22. The molecule has 0 aliphatic carbocycles. The number of aromatic nitrogens is 4. The summed E-state index contributed by atoms with van der Waals surface area (Å²) >= 11 is 0. The van der Waals surface area contributed by atoms with E-state index in [0.717, 1.165) is 24.5 Å². The van der Waals surface area contributed by atoms with E-state index in [4.69, 9.17) is 4.74 Å². The zero-order valence-corrected chi connectivity index (χ0v) is 12.2. The Morgan fingerprint density at radius 2 is 2.33 bits per heavy atom. The molecule has 2 atom stereocenters. The molecule has 1 fully saturated rings. The molecule has 1 saturated heterocycles.